The highest BCUT2D eigenvalue weighted by Gasteiger charge is 2.19. The Labute approximate surface area is 116 Å². The number of nitrogens with zero attached hydrogens (tertiary/aromatic N) is 2. The molecule has 1 unspecified atom stereocenters. The topological polar surface area (TPSA) is 29.9 Å². The molecule has 0 radical (unpaired) electrons. The number of aromatic nitrogens is 2. The summed E-state index contributed by atoms with van der Waals surface area (Å²) in [6.07, 6.45) is 2.34. The monoisotopic (exact) mass is 307 g/mol. The first-order valence-electron chi connectivity index (χ1n) is 6.47. The van der Waals surface area contributed by atoms with Crippen LogP contribution in [0.2, 0.25) is 0 Å². The molecule has 1 fully saturated rings. The van der Waals surface area contributed by atoms with Crippen LogP contribution in [0.5, 0.6) is 0 Å². The standard InChI is InChI=1S/C14H18BrN3/c1-9-5-11(15)14-12(6-9)18(2)13(17-14)7-10-3-4-16-8-10/h5-6,10,16H,3-4,7-8H2,1-2H3. The first-order chi connectivity index (χ1) is 8.65. The Balaban J connectivity index is 2.02. The zero-order valence-electron chi connectivity index (χ0n) is 10.8. The fraction of sp³-hybridized carbons (Fsp3) is 0.500. The van der Waals surface area contributed by atoms with E-state index in [0.29, 0.717) is 0 Å². The molecule has 18 heavy (non-hydrogen) atoms. The van der Waals surface area contributed by atoms with Gasteiger partial charge in [0, 0.05) is 17.9 Å². The normalized spacial score (nSPS) is 19.8. The lowest BCUT2D eigenvalue weighted by atomic mass is 10.0. The molecule has 1 aromatic carbocycles. The molecule has 0 bridgehead atoms. The Hall–Kier alpha value is -0.870. The second-order valence-corrected chi connectivity index (χ2v) is 6.12. The molecule has 0 amide bonds. The Morgan fingerprint density at radius 1 is 1.50 bits per heavy atom. The third kappa shape index (κ3) is 2.08. The van der Waals surface area contributed by atoms with Crippen LogP contribution in [0.25, 0.3) is 11.0 Å². The van der Waals surface area contributed by atoms with Crippen LogP contribution in [0.15, 0.2) is 16.6 Å². The number of hydrogen-bond donors (Lipinski definition) is 1. The van der Waals surface area contributed by atoms with Gasteiger partial charge in [0.05, 0.1) is 5.52 Å². The summed E-state index contributed by atoms with van der Waals surface area (Å²) in [6, 6.07) is 4.35. The lowest BCUT2D eigenvalue weighted by Gasteiger charge is -2.07. The van der Waals surface area contributed by atoms with Gasteiger partial charge in [-0.25, -0.2) is 4.98 Å². The molecule has 0 saturated carbocycles. The summed E-state index contributed by atoms with van der Waals surface area (Å²) in [5.74, 6) is 1.94. The molecular weight excluding hydrogens is 290 g/mol. The SMILES string of the molecule is Cc1cc(Br)c2nc(CC3CCNC3)n(C)c2c1. The first kappa shape index (κ1) is 12.2. The van der Waals surface area contributed by atoms with Gasteiger partial charge in [0.15, 0.2) is 0 Å². The van der Waals surface area contributed by atoms with E-state index in [1.54, 1.807) is 0 Å². The molecule has 0 aliphatic carbocycles. The van der Waals surface area contributed by atoms with Crippen molar-refractivity contribution in [2.75, 3.05) is 13.1 Å². The van der Waals surface area contributed by atoms with Gasteiger partial charge < -0.3 is 9.88 Å². The average molecular weight is 308 g/mol. The van der Waals surface area contributed by atoms with Gasteiger partial charge in [-0.3, -0.25) is 0 Å². The molecule has 1 aliphatic rings. The molecule has 3 rings (SSSR count). The van der Waals surface area contributed by atoms with Crippen LogP contribution >= 0.6 is 15.9 Å². The van der Waals surface area contributed by atoms with Gasteiger partial charge in [0.1, 0.15) is 11.3 Å². The van der Waals surface area contributed by atoms with Crippen molar-refractivity contribution < 1.29 is 0 Å². The van der Waals surface area contributed by atoms with Gasteiger partial charge in [-0.1, -0.05) is 0 Å². The van der Waals surface area contributed by atoms with E-state index >= 15 is 0 Å². The van der Waals surface area contributed by atoms with Gasteiger partial charge >= 0.3 is 0 Å². The molecular formula is C14H18BrN3. The molecule has 96 valence electrons. The van der Waals surface area contributed by atoms with E-state index in [2.05, 4.69) is 51.9 Å². The van der Waals surface area contributed by atoms with Crippen molar-refractivity contribution in [2.45, 2.75) is 19.8 Å². The smallest absolute Gasteiger partial charge is 0.109 e. The number of benzene rings is 1. The van der Waals surface area contributed by atoms with Crippen molar-refractivity contribution in [3.63, 3.8) is 0 Å². The van der Waals surface area contributed by atoms with Crippen LogP contribution in [0, 0.1) is 12.8 Å². The van der Waals surface area contributed by atoms with Gasteiger partial charge in [-0.05, 0) is 66.0 Å². The first-order valence-corrected chi connectivity index (χ1v) is 7.26. The molecule has 3 nitrogen and oxygen atoms in total. The Bertz CT molecular complexity index is 582. The van der Waals surface area contributed by atoms with E-state index in [4.69, 9.17) is 4.98 Å². The molecule has 2 aromatic rings. The highest BCUT2D eigenvalue weighted by atomic mass is 79.9. The molecule has 2 heterocycles. The second-order valence-electron chi connectivity index (χ2n) is 5.26. The maximum absolute atomic E-state index is 4.80. The number of nitrogens with one attached hydrogen (secondary N) is 1. The van der Waals surface area contributed by atoms with Crippen molar-refractivity contribution in [3.8, 4) is 0 Å². The fourth-order valence-corrected chi connectivity index (χ4v) is 3.41. The van der Waals surface area contributed by atoms with Crippen LogP contribution in [-0.4, -0.2) is 22.6 Å². The van der Waals surface area contributed by atoms with Gasteiger partial charge in [0.2, 0.25) is 0 Å². The molecule has 1 aliphatic heterocycles. The number of hydrogen-bond acceptors (Lipinski definition) is 2. The van der Waals surface area contributed by atoms with E-state index in [-0.39, 0.29) is 0 Å². The largest absolute Gasteiger partial charge is 0.331 e. The summed E-state index contributed by atoms with van der Waals surface area (Å²) >= 11 is 3.62. The summed E-state index contributed by atoms with van der Waals surface area (Å²) in [5.41, 5.74) is 3.58. The van der Waals surface area contributed by atoms with Crippen LogP contribution in [-0.2, 0) is 13.5 Å². The Kier molecular flexibility index (Phi) is 3.16. The zero-order chi connectivity index (χ0) is 12.7. The van der Waals surface area contributed by atoms with E-state index in [0.717, 1.165) is 35.4 Å². The van der Waals surface area contributed by atoms with Crippen LogP contribution in [0.3, 0.4) is 0 Å². The highest BCUT2D eigenvalue weighted by molar-refractivity contribution is 9.10. The lowest BCUT2D eigenvalue weighted by Crippen LogP contribution is -2.12. The van der Waals surface area contributed by atoms with E-state index < -0.39 is 0 Å². The van der Waals surface area contributed by atoms with Crippen LogP contribution < -0.4 is 5.32 Å². The van der Waals surface area contributed by atoms with Crippen molar-refractivity contribution in [2.24, 2.45) is 13.0 Å². The fourth-order valence-electron chi connectivity index (χ4n) is 2.76. The molecule has 4 heteroatoms. The van der Waals surface area contributed by atoms with Crippen molar-refractivity contribution in [1.82, 2.24) is 14.9 Å². The number of aryl methyl sites for hydroxylation is 2. The van der Waals surface area contributed by atoms with E-state index in [1.165, 1.54) is 23.3 Å². The highest BCUT2D eigenvalue weighted by Crippen LogP contribution is 2.27. The van der Waals surface area contributed by atoms with Gasteiger partial charge in [-0.2, -0.15) is 0 Å². The summed E-state index contributed by atoms with van der Waals surface area (Å²) in [4.78, 5) is 4.80. The quantitative estimate of drug-likeness (QED) is 0.924. The molecule has 0 spiro atoms. The van der Waals surface area contributed by atoms with Crippen molar-refractivity contribution in [3.05, 3.63) is 28.0 Å². The summed E-state index contributed by atoms with van der Waals surface area (Å²) in [7, 11) is 2.12. The summed E-state index contributed by atoms with van der Waals surface area (Å²) in [6.45, 7) is 4.40. The summed E-state index contributed by atoms with van der Waals surface area (Å²) in [5, 5.41) is 3.42. The van der Waals surface area contributed by atoms with Crippen molar-refractivity contribution >= 4 is 27.0 Å². The van der Waals surface area contributed by atoms with Gasteiger partial charge in [-0.15, -0.1) is 0 Å². The Morgan fingerprint density at radius 2 is 2.33 bits per heavy atom. The minimum absolute atomic E-state index is 0.736. The second kappa shape index (κ2) is 4.67. The van der Waals surface area contributed by atoms with E-state index in [9.17, 15) is 0 Å². The Morgan fingerprint density at radius 3 is 3.06 bits per heavy atom. The third-order valence-corrected chi connectivity index (χ3v) is 4.42. The number of imidazole rings is 1. The predicted molar refractivity (Wildman–Crippen MR) is 77.8 cm³/mol. The zero-order valence-corrected chi connectivity index (χ0v) is 12.4. The number of fused-ring (bicyclic) bond motifs is 1. The van der Waals surface area contributed by atoms with Crippen LogP contribution in [0.1, 0.15) is 17.8 Å². The molecule has 1 N–H and O–H groups in total. The minimum atomic E-state index is 0.736. The van der Waals surface area contributed by atoms with Crippen LogP contribution in [0.4, 0.5) is 0 Å². The lowest BCUT2D eigenvalue weighted by molar-refractivity contribution is 0.552. The number of halogens is 1. The minimum Gasteiger partial charge on any atom is -0.331 e. The maximum atomic E-state index is 4.80. The molecule has 1 saturated heterocycles. The average Bonchev–Trinajstić information content (AvgIpc) is 2.91. The number of rotatable bonds is 2. The van der Waals surface area contributed by atoms with Crippen molar-refractivity contribution in [1.29, 1.82) is 0 Å². The van der Waals surface area contributed by atoms with E-state index in [1.807, 2.05) is 0 Å². The summed E-state index contributed by atoms with van der Waals surface area (Å²) < 4.78 is 3.34. The third-order valence-electron chi connectivity index (χ3n) is 3.81. The molecule has 1 atom stereocenters. The molecule has 1 aromatic heterocycles. The predicted octanol–water partition coefficient (Wildman–Crippen LogP) is 2.80. The van der Waals surface area contributed by atoms with Gasteiger partial charge in [0.25, 0.3) is 0 Å². The maximum Gasteiger partial charge on any atom is 0.109 e.